The smallest absolute Gasteiger partial charge is 0.283 e. The molecule has 0 aliphatic carbocycles. The minimum Gasteiger partial charge on any atom is -0.494 e. The summed E-state index contributed by atoms with van der Waals surface area (Å²) in [5.74, 6) is -0.216. The SMILES string of the molecule is CCOc1ccc(NC2=C(Sc3ccccc3)C(=O)N(c3cc(Cl)cc(Cl)c3)C2=O)cc1. The third kappa shape index (κ3) is 4.78. The van der Waals surface area contributed by atoms with Gasteiger partial charge in [0.05, 0.1) is 12.3 Å². The molecular weight excluding hydrogens is 467 g/mol. The average Bonchev–Trinajstić information content (AvgIpc) is 2.99. The summed E-state index contributed by atoms with van der Waals surface area (Å²) in [6, 6.07) is 21.2. The number of ether oxygens (including phenoxy) is 1. The van der Waals surface area contributed by atoms with E-state index in [2.05, 4.69) is 5.32 Å². The fourth-order valence-electron chi connectivity index (χ4n) is 3.17. The maximum Gasteiger partial charge on any atom is 0.283 e. The molecule has 4 rings (SSSR count). The van der Waals surface area contributed by atoms with E-state index < -0.39 is 11.8 Å². The fraction of sp³-hybridized carbons (Fsp3) is 0.0833. The lowest BCUT2D eigenvalue weighted by molar-refractivity contribution is -0.120. The molecule has 0 spiro atoms. The van der Waals surface area contributed by atoms with Gasteiger partial charge in [0.1, 0.15) is 16.4 Å². The van der Waals surface area contributed by atoms with Crippen molar-refractivity contribution in [2.75, 3.05) is 16.8 Å². The number of imide groups is 1. The van der Waals surface area contributed by atoms with E-state index in [1.165, 1.54) is 23.9 Å². The highest BCUT2D eigenvalue weighted by Crippen LogP contribution is 2.39. The summed E-state index contributed by atoms with van der Waals surface area (Å²) in [5, 5.41) is 3.78. The predicted molar refractivity (Wildman–Crippen MR) is 130 cm³/mol. The first kappa shape index (κ1) is 22.3. The van der Waals surface area contributed by atoms with Gasteiger partial charge in [0.15, 0.2) is 0 Å². The molecule has 5 nitrogen and oxygen atoms in total. The molecule has 0 atom stereocenters. The van der Waals surface area contributed by atoms with Crippen LogP contribution < -0.4 is 15.0 Å². The molecule has 2 amide bonds. The molecule has 162 valence electrons. The van der Waals surface area contributed by atoms with Crippen molar-refractivity contribution in [3.05, 3.63) is 93.4 Å². The summed E-state index contributed by atoms with van der Waals surface area (Å²) in [6.07, 6.45) is 0. The van der Waals surface area contributed by atoms with Crippen molar-refractivity contribution in [3.8, 4) is 5.75 Å². The summed E-state index contributed by atoms with van der Waals surface area (Å²) >= 11 is 13.5. The van der Waals surface area contributed by atoms with Crippen molar-refractivity contribution < 1.29 is 14.3 Å². The quantitative estimate of drug-likeness (QED) is 0.394. The van der Waals surface area contributed by atoms with Gasteiger partial charge in [-0.25, -0.2) is 4.90 Å². The van der Waals surface area contributed by atoms with Crippen LogP contribution in [-0.2, 0) is 9.59 Å². The topological polar surface area (TPSA) is 58.6 Å². The van der Waals surface area contributed by atoms with Gasteiger partial charge in [-0.05, 0) is 61.5 Å². The van der Waals surface area contributed by atoms with Crippen LogP contribution in [0, 0.1) is 0 Å². The number of hydrogen-bond acceptors (Lipinski definition) is 5. The molecule has 0 bridgehead atoms. The largest absolute Gasteiger partial charge is 0.494 e. The predicted octanol–water partition coefficient (Wildman–Crippen LogP) is 6.38. The van der Waals surface area contributed by atoms with Crippen LogP contribution in [0.2, 0.25) is 10.0 Å². The molecule has 0 aromatic heterocycles. The van der Waals surface area contributed by atoms with Crippen LogP contribution in [0.4, 0.5) is 11.4 Å². The van der Waals surface area contributed by atoms with E-state index >= 15 is 0 Å². The Hall–Kier alpha value is -2.93. The van der Waals surface area contributed by atoms with E-state index in [4.69, 9.17) is 27.9 Å². The highest BCUT2D eigenvalue weighted by molar-refractivity contribution is 8.04. The van der Waals surface area contributed by atoms with Gasteiger partial charge in [0, 0.05) is 20.6 Å². The van der Waals surface area contributed by atoms with Gasteiger partial charge in [0.2, 0.25) is 0 Å². The number of rotatable bonds is 7. The standard InChI is InChI=1S/C24H18Cl2N2O3S/c1-2-31-19-10-8-17(9-11-19)27-21-22(32-20-6-4-3-5-7-20)24(30)28(23(21)29)18-13-15(25)12-16(26)14-18/h3-14,27H,2H2,1H3. The van der Waals surface area contributed by atoms with Crippen LogP contribution in [0.25, 0.3) is 0 Å². The number of amides is 2. The molecule has 0 saturated carbocycles. The highest BCUT2D eigenvalue weighted by Gasteiger charge is 2.40. The van der Waals surface area contributed by atoms with E-state index in [0.717, 1.165) is 15.5 Å². The molecule has 0 saturated heterocycles. The van der Waals surface area contributed by atoms with Crippen LogP contribution in [0.3, 0.4) is 0 Å². The molecule has 0 radical (unpaired) electrons. The van der Waals surface area contributed by atoms with E-state index in [0.29, 0.717) is 28.0 Å². The van der Waals surface area contributed by atoms with Gasteiger partial charge in [0.25, 0.3) is 11.8 Å². The lowest BCUT2D eigenvalue weighted by atomic mass is 10.2. The van der Waals surface area contributed by atoms with Crippen molar-refractivity contribution in [1.82, 2.24) is 0 Å². The first-order valence-electron chi connectivity index (χ1n) is 9.78. The molecule has 1 aliphatic heterocycles. The van der Waals surface area contributed by atoms with Gasteiger partial charge in [-0.15, -0.1) is 0 Å². The molecule has 1 aliphatic rings. The molecule has 0 unspecified atom stereocenters. The number of carbonyl (C=O) groups is 2. The van der Waals surface area contributed by atoms with Crippen molar-refractivity contribution in [1.29, 1.82) is 0 Å². The first-order chi connectivity index (χ1) is 15.5. The van der Waals surface area contributed by atoms with Crippen molar-refractivity contribution >= 4 is 58.2 Å². The maximum absolute atomic E-state index is 13.4. The summed E-state index contributed by atoms with van der Waals surface area (Å²) in [6.45, 7) is 2.46. The second-order valence-electron chi connectivity index (χ2n) is 6.77. The van der Waals surface area contributed by atoms with Crippen LogP contribution in [0.5, 0.6) is 5.75 Å². The minimum absolute atomic E-state index is 0.184. The zero-order valence-corrected chi connectivity index (χ0v) is 19.3. The minimum atomic E-state index is -0.486. The zero-order chi connectivity index (χ0) is 22.7. The number of anilines is 2. The lowest BCUT2D eigenvalue weighted by Gasteiger charge is -2.16. The van der Waals surface area contributed by atoms with Gasteiger partial charge in [-0.2, -0.15) is 0 Å². The molecule has 8 heteroatoms. The van der Waals surface area contributed by atoms with Crippen LogP contribution in [-0.4, -0.2) is 18.4 Å². The Bertz CT molecular complexity index is 1180. The Morgan fingerprint density at radius 1 is 0.906 bits per heavy atom. The van der Waals surface area contributed by atoms with E-state index in [-0.39, 0.29) is 10.6 Å². The number of hydrogen-bond donors (Lipinski definition) is 1. The van der Waals surface area contributed by atoms with Gasteiger partial charge in [-0.1, -0.05) is 53.2 Å². The third-order valence-electron chi connectivity index (χ3n) is 4.54. The zero-order valence-electron chi connectivity index (χ0n) is 17.0. The molecule has 3 aromatic rings. The lowest BCUT2D eigenvalue weighted by Crippen LogP contribution is -2.32. The molecule has 3 aromatic carbocycles. The van der Waals surface area contributed by atoms with Crippen molar-refractivity contribution in [3.63, 3.8) is 0 Å². The second kappa shape index (κ2) is 9.69. The number of thioether (sulfide) groups is 1. The van der Waals surface area contributed by atoms with Crippen LogP contribution in [0.1, 0.15) is 6.92 Å². The number of halogens is 2. The Morgan fingerprint density at radius 3 is 2.19 bits per heavy atom. The van der Waals surface area contributed by atoms with Crippen molar-refractivity contribution in [2.45, 2.75) is 11.8 Å². The van der Waals surface area contributed by atoms with Gasteiger partial charge < -0.3 is 10.1 Å². The van der Waals surface area contributed by atoms with Crippen LogP contribution in [0.15, 0.2) is 88.3 Å². The Balaban J connectivity index is 1.72. The normalized spacial score (nSPS) is 13.7. The number of benzene rings is 3. The number of carbonyl (C=O) groups excluding carboxylic acids is 2. The van der Waals surface area contributed by atoms with Crippen molar-refractivity contribution in [2.24, 2.45) is 0 Å². The second-order valence-corrected chi connectivity index (χ2v) is 8.73. The summed E-state index contributed by atoms with van der Waals surface area (Å²) in [5.41, 5.74) is 1.15. The van der Waals surface area contributed by atoms with Crippen LogP contribution >= 0.6 is 35.0 Å². The molecule has 32 heavy (non-hydrogen) atoms. The number of nitrogens with one attached hydrogen (secondary N) is 1. The average molecular weight is 485 g/mol. The Morgan fingerprint density at radius 2 is 1.56 bits per heavy atom. The Kier molecular flexibility index (Phi) is 6.74. The fourth-order valence-corrected chi connectivity index (χ4v) is 4.63. The Labute approximate surface area is 200 Å². The summed E-state index contributed by atoms with van der Waals surface area (Å²) in [7, 11) is 0. The number of nitrogens with zero attached hydrogens (tertiary/aromatic N) is 1. The molecule has 0 fully saturated rings. The molecule has 1 N–H and O–H groups in total. The first-order valence-corrected chi connectivity index (χ1v) is 11.4. The maximum atomic E-state index is 13.4. The summed E-state index contributed by atoms with van der Waals surface area (Å²) < 4.78 is 5.47. The summed E-state index contributed by atoms with van der Waals surface area (Å²) in [4.78, 5) is 28.9. The monoisotopic (exact) mass is 484 g/mol. The highest BCUT2D eigenvalue weighted by atomic mass is 35.5. The van der Waals surface area contributed by atoms with E-state index in [9.17, 15) is 9.59 Å². The van der Waals surface area contributed by atoms with Gasteiger partial charge >= 0.3 is 0 Å². The molecular formula is C24H18Cl2N2O3S. The van der Waals surface area contributed by atoms with E-state index in [1.807, 2.05) is 37.3 Å². The molecule has 1 heterocycles. The third-order valence-corrected chi connectivity index (χ3v) is 6.07. The van der Waals surface area contributed by atoms with E-state index in [1.54, 1.807) is 30.3 Å². The van der Waals surface area contributed by atoms with Gasteiger partial charge in [-0.3, -0.25) is 9.59 Å².